The number of nitrogens with zero attached hydrogens (tertiary/aromatic N) is 1. The fourth-order valence-electron chi connectivity index (χ4n) is 2.84. The average molecular weight is 276 g/mol. The van der Waals surface area contributed by atoms with Crippen molar-refractivity contribution in [3.05, 3.63) is 23.3 Å². The standard InChI is InChI=1S/C16H24N2O2/c1-10-7-12(8-13(14(10)17)15(19)20)18-6-5-11(9-18)16(2,3)4/h7-8,11H,5-6,9,17H2,1-4H3,(H,19,20). The van der Waals surface area contributed by atoms with Crippen LogP contribution in [0.1, 0.15) is 43.1 Å². The van der Waals surface area contributed by atoms with Crippen molar-refractivity contribution in [2.45, 2.75) is 34.1 Å². The molecule has 4 nitrogen and oxygen atoms in total. The summed E-state index contributed by atoms with van der Waals surface area (Å²) in [6.45, 7) is 10.6. The monoisotopic (exact) mass is 276 g/mol. The molecule has 0 aliphatic carbocycles. The van der Waals surface area contributed by atoms with Gasteiger partial charge in [-0.05, 0) is 42.4 Å². The average Bonchev–Trinajstić information content (AvgIpc) is 2.81. The van der Waals surface area contributed by atoms with E-state index in [-0.39, 0.29) is 11.0 Å². The minimum Gasteiger partial charge on any atom is -0.478 e. The van der Waals surface area contributed by atoms with Gasteiger partial charge in [0.15, 0.2) is 0 Å². The van der Waals surface area contributed by atoms with Crippen LogP contribution in [0, 0.1) is 18.3 Å². The molecule has 1 unspecified atom stereocenters. The van der Waals surface area contributed by atoms with Crippen LogP contribution in [-0.2, 0) is 0 Å². The quantitative estimate of drug-likeness (QED) is 0.814. The molecule has 0 bridgehead atoms. The fraction of sp³-hybridized carbons (Fsp3) is 0.562. The first kappa shape index (κ1) is 14.7. The lowest BCUT2D eigenvalue weighted by Gasteiger charge is -2.27. The van der Waals surface area contributed by atoms with Gasteiger partial charge in [0, 0.05) is 24.5 Å². The van der Waals surface area contributed by atoms with Crippen LogP contribution >= 0.6 is 0 Å². The Labute approximate surface area is 120 Å². The Morgan fingerprint density at radius 1 is 1.40 bits per heavy atom. The van der Waals surface area contributed by atoms with Crippen molar-refractivity contribution in [3.8, 4) is 0 Å². The summed E-state index contributed by atoms with van der Waals surface area (Å²) in [6.07, 6.45) is 1.15. The van der Waals surface area contributed by atoms with Crippen LogP contribution in [0.2, 0.25) is 0 Å². The minimum absolute atomic E-state index is 0.208. The van der Waals surface area contributed by atoms with Crippen LogP contribution in [-0.4, -0.2) is 24.2 Å². The molecule has 1 aromatic rings. The molecule has 0 aromatic heterocycles. The molecule has 4 heteroatoms. The molecule has 2 rings (SSSR count). The van der Waals surface area contributed by atoms with E-state index in [1.54, 1.807) is 6.07 Å². The van der Waals surface area contributed by atoms with Gasteiger partial charge in [0.1, 0.15) is 0 Å². The number of aromatic carboxylic acids is 1. The maximum atomic E-state index is 11.3. The van der Waals surface area contributed by atoms with Gasteiger partial charge in [0.05, 0.1) is 5.56 Å². The Kier molecular flexibility index (Phi) is 3.67. The van der Waals surface area contributed by atoms with Crippen LogP contribution in [0.3, 0.4) is 0 Å². The van der Waals surface area contributed by atoms with Crippen molar-refractivity contribution in [1.29, 1.82) is 0 Å². The molecule has 3 N–H and O–H groups in total. The van der Waals surface area contributed by atoms with Gasteiger partial charge in [-0.1, -0.05) is 20.8 Å². The molecule has 0 radical (unpaired) electrons. The number of anilines is 2. The molecule has 1 saturated heterocycles. The van der Waals surface area contributed by atoms with E-state index in [0.717, 1.165) is 30.8 Å². The van der Waals surface area contributed by atoms with E-state index in [1.807, 2.05) is 13.0 Å². The van der Waals surface area contributed by atoms with E-state index in [9.17, 15) is 9.90 Å². The lowest BCUT2D eigenvalue weighted by Crippen LogP contribution is -2.26. The van der Waals surface area contributed by atoms with E-state index in [2.05, 4.69) is 25.7 Å². The van der Waals surface area contributed by atoms with Crippen LogP contribution in [0.5, 0.6) is 0 Å². The predicted molar refractivity (Wildman–Crippen MR) is 82.3 cm³/mol. The molecule has 1 fully saturated rings. The summed E-state index contributed by atoms with van der Waals surface area (Å²) in [6, 6.07) is 3.70. The van der Waals surface area contributed by atoms with Crippen molar-refractivity contribution in [2.24, 2.45) is 11.3 Å². The van der Waals surface area contributed by atoms with Crippen molar-refractivity contribution in [3.63, 3.8) is 0 Å². The highest BCUT2D eigenvalue weighted by Crippen LogP contribution is 2.36. The van der Waals surface area contributed by atoms with Gasteiger partial charge >= 0.3 is 5.97 Å². The van der Waals surface area contributed by atoms with E-state index >= 15 is 0 Å². The number of carboxylic acid groups (broad SMARTS) is 1. The molecular weight excluding hydrogens is 252 g/mol. The highest BCUT2D eigenvalue weighted by molar-refractivity contribution is 5.95. The second-order valence-electron chi connectivity index (χ2n) is 6.83. The number of hydrogen-bond acceptors (Lipinski definition) is 3. The van der Waals surface area contributed by atoms with Crippen molar-refractivity contribution in [1.82, 2.24) is 0 Å². The van der Waals surface area contributed by atoms with E-state index in [0.29, 0.717) is 11.6 Å². The van der Waals surface area contributed by atoms with Gasteiger partial charge in [-0.2, -0.15) is 0 Å². The zero-order chi connectivity index (χ0) is 15.1. The fourth-order valence-corrected chi connectivity index (χ4v) is 2.84. The first-order chi connectivity index (χ1) is 9.20. The number of benzene rings is 1. The maximum Gasteiger partial charge on any atom is 0.337 e. The van der Waals surface area contributed by atoms with Gasteiger partial charge < -0.3 is 15.7 Å². The molecule has 110 valence electrons. The molecule has 1 aromatic carbocycles. The van der Waals surface area contributed by atoms with Gasteiger partial charge in [0.25, 0.3) is 0 Å². The molecule has 1 aliphatic rings. The third-order valence-electron chi connectivity index (χ3n) is 4.38. The first-order valence-corrected chi connectivity index (χ1v) is 7.08. The van der Waals surface area contributed by atoms with Gasteiger partial charge in [0.2, 0.25) is 0 Å². The Hall–Kier alpha value is -1.71. The van der Waals surface area contributed by atoms with Gasteiger partial charge in [-0.25, -0.2) is 4.79 Å². The predicted octanol–water partition coefficient (Wildman–Crippen LogP) is 3.15. The highest BCUT2D eigenvalue weighted by atomic mass is 16.4. The lowest BCUT2D eigenvalue weighted by molar-refractivity contribution is 0.0698. The summed E-state index contributed by atoms with van der Waals surface area (Å²) < 4.78 is 0. The molecule has 1 aliphatic heterocycles. The molecule has 1 atom stereocenters. The van der Waals surface area contributed by atoms with Crippen molar-refractivity contribution in [2.75, 3.05) is 23.7 Å². The summed E-state index contributed by atoms with van der Waals surface area (Å²) in [5, 5.41) is 9.24. The van der Waals surface area contributed by atoms with Crippen LogP contribution in [0.4, 0.5) is 11.4 Å². The molecule has 1 heterocycles. The van der Waals surface area contributed by atoms with Crippen LogP contribution in [0.15, 0.2) is 12.1 Å². The number of hydrogen-bond donors (Lipinski definition) is 2. The minimum atomic E-state index is -0.959. The summed E-state index contributed by atoms with van der Waals surface area (Å²) >= 11 is 0. The Balaban J connectivity index is 2.29. The Bertz CT molecular complexity index is 532. The third kappa shape index (κ3) is 2.74. The number of carboxylic acids is 1. The third-order valence-corrected chi connectivity index (χ3v) is 4.38. The van der Waals surface area contributed by atoms with Gasteiger partial charge in [-0.3, -0.25) is 0 Å². The zero-order valence-electron chi connectivity index (χ0n) is 12.7. The van der Waals surface area contributed by atoms with Crippen LogP contribution < -0.4 is 10.6 Å². The van der Waals surface area contributed by atoms with E-state index in [1.165, 1.54) is 0 Å². The molecule has 20 heavy (non-hydrogen) atoms. The highest BCUT2D eigenvalue weighted by Gasteiger charge is 2.32. The maximum absolute atomic E-state index is 11.3. The first-order valence-electron chi connectivity index (χ1n) is 7.08. The lowest BCUT2D eigenvalue weighted by atomic mass is 9.80. The Morgan fingerprint density at radius 2 is 2.05 bits per heavy atom. The second kappa shape index (κ2) is 5.00. The number of nitrogen functional groups attached to an aromatic ring is 1. The SMILES string of the molecule is Cc1cc(N2CCC(C(C)(C)C)C2)cc(C(=O)O)c1N. The molecule has 0 saturated carbocycles. The second-order valence-corrected chi connectivity index (χ2v) is 6.83. The number of carbonyl (C=O) groups is 1. The number of nitrogens with two attached hydrogens (primary N) is 1. The number of rotatable bonds is 2. The summed E-state index contributed by atoms with van der Waals surface area (Å²) in [5.74, 6) is -0.326. The number of aryl methyl sites for hydroxylation is 1. The summed E-state index contributed by atoms with van der Waals surface area (Å²) in [7, 11) is 0. The molecule has 0 amide bonds. The normalized spacial score (nSPS) is 19.4. The summed E-state index contributed by atoms with van der Waals surface area (Å²) in [5.41, 5.74) is 8.51. The Morgan fingerprint density at radius 3 is 2.55 bits per heavy atom. The van der Waals surface area contributed by atoms with Crippen LogP contribution in [0.25, 0.3) is 0 Å². The molecular formula is C16H24N2O2. The molecule has 0 spiro atoms. The van der Waals surface area contributed by atoms with Crippen molar-refractivity contribution >= 4 is 17.3 Å². The van der Waals surface area contributed by atoms with Crippen molar-refractivity contribution < 1.29 is 9.90 Å². The topological polar surface area (TPSA) is 66.6 Å². The van der Waals surface area contributed by atoms with Gasteiger partial charge in [-0.15, -0.1) is 0 Å². The zero-order valence-corrected chi connectivity index (χ0v) is 12.7. The smallest absolute Gasteiger partial charge is 0.337 e. The van der Waals surface area contributed by atoms with E-state index in [4.69, 9.17) is 5.73 Å². The van der Waals surface area contributed by atoms with E-state index < -0.39 is 5.97 Å². The largest absolute Gasteiger partial charge is 0.478 e. The summed E-state index contributed by atoms with van der Waals surface area (Å²) in [4.78, 5) is 13.5.